The van der Waals surface area contributed by atoms with Crippen LogP contribution in [0.5, 0.6) is 0 Å². The molecule has 0 aliphatic carbocycles. The molecule has 0 saturated carbocycles. The van der Waals surface area contributed by atoms with Crippen LogP contribution in [-0.2, 0) is 11.3 Å². The topological polar surface area (TPSA) is 116 Å². The van der Waals surface area contributed by atoms with E-state index >= 15 is 0 Å². The van der Waals surface area contributed by atoms with Crippen LogP contribution in [0.2, 0.25) is 0 Å². The van der Waals surface area contributed by atoms with Gasteiger partial charge in [-0.3, -0.25) is 14.3 Å². The zero-order valence-electron chi connectivity index (χ0n) is 10.3. The third-order valence-electron chi connectivity index (χ3n) is 2.47. The quantitative estimate of drug-likeness (QED) is 0.720. The number of carbonyl (C=O) groups excluding carboxylic acids is 2. The standard InChI is InChI=1S/C12H12BrN5O2/c13-7-1-2-10(14)9(3-7)12(20)17-8-4-16-18(5-8)6-11(15)19/h1-5H,6,14H2,(H2,15,19)(H,17,20). The van der Waals surface area contributed by atoms with Gasteiger partial charge in [0.15, 0.2) is 0 Å². The Balaban J connectivity index is 2.13. The van der Waals surface area contributed by atoms with Crippen LogP contribution in [0.3, 0.4) is 0 Å². The summed E-state index contributed by atoms with van der Waals surface area (Å²) < 4.78 is 2.09. The number of primary amides is 1. The molecule has 0 bridgehead atoms. The van der Waals surface area contributed by atoms with E-state index in [4.69, 9.17) is 11.5 Å². The maximum Gasteiger partial charge on any atom is 0.257 e. The van der Waals surface area contributed by atoms with Gasteiger partial charge in [-0.05, 0) is 18.2 Å². The average Bonchev–Trinajstić information content (AvgIpc) is 2.78. The molecule has 2 aromatic rings. The van der Waals surface area contributed by atoms with Crippen LogP contribution in [0, 0.1) is 0 Å². The van der Waals surface area contributed by atoms with Crippen molar-refractivity contribution in [2.75, 3.05) is 11.1 Å². The van der Waals surface area contributed by atoms with Gasteiger partial charge in [0, 0.05) is 16.4 Å². The summed E-state index contributed by atoms with van der Waals surface area (Å²) in [5.41, 5.74) is 12.0. The minimum Gasteiger partial charge on any atom is -0.398 e. The van der Waals surface area contributed by atoms with Crippen molar-refractivity contribution in [2.45, 2.75) is 6.54 Å². The molecule has 0 fully saturated rings. The molecule has 1 aromatic carbocycles. The molecule has 0 saturated heterocycles. The van der Waals surface area contributed by atoms with Crippen molar-refractivity contribution in [3.05, 3.63) is 40.6 Å². The second-order valence-corrected chi connectivity index (χ2v) is 4.99. The van der Waals surface area contributed by atoms with E-state index in [2.05, 4.69) is 26.3 Å². The van der Waals surface area contributed by atoms with E-state index in [1.54, 1.807) is 18.2 Å². The minimum absolute atomic E-state index is 0.0467. The molecule has 0 aliphatic heterocycles. The van der Waals surface area contributed by atoms with Crippen molar-refractivity contribution < 1.29 is 9.59 Å². The van der Waals surface area contributed by atoms with Crippen LogP contribution in [-0.4, -0.2) is 21.6 Å². The number of anilines is 2. The van der Waals surface area contributed by atoms with Gasteiger partial charge < -0.3 is 16.8 Å². The number of aromatic nitrogens is 2. The first kappa shape index (κ1) is 14.1. The molecule has 20 heavy (non-hydrogen) atoms. The van der Waals surface area contributed by atoms with Gasteiger partial charge in [0.25, 0.3) is 5.91 Å². The fraction of sp³-hybridized carbons (Fsp3) is 0.0833. The fourth-order valence-electron chi connectivity index (χ4n) is 1.60. The lowest BCUT2D eigenvalue weighted by Gasteiger charge is -2.06. The molecular formula is C12H12BrN5O2. The van der Waals surface area contributed by atoms with Crippen LogP contribution in [0.1, 0.15) is 10.4 Å². The van der Waals surface area contributed by atoms with Crippen molar-refractivity contribution in [2.24, 2.45) is 5.73 Å². The van der Waals surface area contributed by atoms with Gasteiger partial charge in [-0.2, -0.15) is 5.10 Å². The van der Waals surface area contributed by atoms with Gasteiger partial charge in [0.2, 0.25) is 5.91 Å². The molecule has 104 valence electrons. The predicted octanol–water partition coefficient (Wildman–Crippen LogP) is 0.965. The number of nitrogens with one attached hydrogen (secondary N) is 1. The van der Waals surface area contributed by atoms with E-state index in [1.807, 2.05) is 0 Å². The van der Waals surface area contributed by atoms with E-state index < -0.39 is 5.91 Å². The van der Waals surface area contributed by atoms with Gasteiger partial charge >= 0.3 is 0 Å². The Morgan fingerprint density at radius 1 is 1.40 bits per heavy atom. The van der Waals surface area contributed by atoms with Crippen LogP contribution in [0.25, 0.3) is 0 Å². The Kier molecular flexibility index (Phi) is 4.04. The zero-order chi connectivity index (χ0) is 14.7. The predicted molar refractivity (Wildman–Crippen MR) is 77.9 cm³/mol. The highest BCUT2D eigenvalue weighted by molar-refractivity contribution is 9.10. The summed E-state index contributed by atoms with van der Waals surface area (Å²) >= 11 is 3.28. The normalized spacial score (nSPS) is 10.2. The molecule has 5 N–H and O–H groups in total. The monoisotopic (exact) mass is 337 g/mol. The second-order valence-electron chi connectivity index (χ2n) is 4.08. The van der Waals surface area contributed by atoms with E-state index in [9.17, 15) is 9.59 Å². The number of rotatable bonds is 4. The molecule has 1 aromatic heterocycles. The molecule has 0 radical (unpaired) electrons. The minimum atomic E-state index is -0.512. The van der Waals surface area contributed by atoms with Crippen molar-refractivity contribution in [1.82, 2.24) is 9.78 Å². The Hall–Kier alpha value is -2.35. The lowest BCUT2D eigenvalue weighted by atomic mass is 10.1. The molecule has 1 heterocycles. The Morgan fingerprint density at radius 3 is 2.85 bits per heavy atom. The number of nitrogens with two attached hydrogens (primary N) is 2. The summed E-state index contributed by atoms with van der Waals surface area (Å²) in [4.78, 5) is 22.8. The third-order valence-corrected chi connectivity index (χ3v) is 2.96. The zero-order valence-corrected chi connectivity index (χ0v) is 11.9. The molecule has 2 amide bonds. The summed E-state index contributed by atoms with van der Waals surface area (Å²) in [6.45, 7) is -0.0467. The number of benzene rings is 1. The fourth-order valence-corrected chi connectivity index (χ4v) is 1.96. The van der Waals surface area contributed by atoms with Crippen molar-refractivity contribution >= 4 is 39.1 Å². The van der Waals surface area contributed by atoms with Crippen LogP contribution in [0.15, 0.2) is 35.1 Å². The van der Waals surface area contributed by atoms with Crippen LogP contribution >= 0.6 is 15.9 Å². The van der Waals surface area contributed by atoms with Gasteiger partial charge in [0.1, 0.15) is 6.54 Å². The van der Waals surface area contributed by atoms with Gasteiger partial charge in [-0.25, -0.2) is 0 Å². The molecule has 0 spiro atoms. The van der Waals surface area contributed by atoms with E-state index in [0.29, 0.717) is 16.9 Å². The second kappa shape index (κ2) is 5.74. The molecule has 0 aliphatic rings. The maximum absolute atomic E-state index is 12.1. The highest BCUT2D eigenvalue weighted by Crippen LogP contribution is 2.19. The number of carbonyl (C=O) groups is 2. The van der Waals surface area contributed by atoms with E-state index in [0.717, 1.165) is 4.47 Å². The van der Waals surface area contributed by atoms with Crippen LogP contribution in [0.4, 0.5) is 11.4 Å². The third kappa shape index (κ3) is 3.35. The Labute approximate surface area is 123 Å². The first-order valence-corrected chi connectivity index (χ1v) is 6.42. The number of hydrogen-bond donors (Lipinski definition) is 3. The van der Waals surface area contributed by atoms with E-state index in [-0.39, 0.29) is 12.5 Å². The summed E-state index contributed by atoms with van der Waals surface area (Å²) in [7, 11) is 0. The van der Waals surface area contributed by atoms with Crippen molar-refractivity contribution in [3.63, 3.8) is 0 Å². The SMILES string of the molecule is NC(=O)Cn1cc(NC(=O)c2cc(Br)ccc2N)cn1. The summed E-state index contributed by atoms with van der Waals surface area (Å²) in [6.07, 6.45) is 2.94. The van der Waals surface area contributed by atoms with Gasteiger partial charge in [-0.15, -0.1) is 0 Å². The highest BCUT2D eigenvalue weighted by atomic mass is 79.9. The lowest BCUT2D eigenvalue weighted by molar-refractivity contribution is -0.118. The molecule has 0 atom stereocenters. The number of nitrogens with zero attached hydrogens (tertiary/aromatic N) is 2. The highest BCUT2D eigenvalue weighted by Gasteiger charge is 2.11. The number of nitrogen functional groups attached to an aromatic ring is 1. The first-order chi connectivity index (χ1) is 9.45. The summed E-state index contributed by atoms with van der Waals surface area (Å²) in [6, 6.07) is 5.00. The number of halogens is 1. The molecular weight excluding hydrogens is 326 g/mol. The van der Waals surface area contributed by atoms with Crippen LogP contribution < -0.4 is 16.8 Å². The molecule has 7 nitrogen and oxygen atoms in total. The lowest BCUT2D eigenvalue weighted by Crippen LogP contribution is -2.18. The number of hydrogen-bond acceptors (Lipinski definition) is 4. The van der Waals surface area contributed by atoms with E-state index in [1.165, 1.54) is 17.1 Å². The van der Waals surface area contributed by atoms with Crippen molar-refractivity contribution in [3.8, 4) is 0 Å². The molecule has 2 rings (SSSR count). The largest absolute Gasteiger partial charge is 0.398 e. The van der Waals surface area contributed by atoms with Gasteiger partial charge in [-0.1, -0.05) is 15.9 Å². The molecule has 0 unspecified atom stereocenters. The summed E-state index contributed by atoms with van der Waals surface area (Å²) in [5, 5.41) is 6.55. The average molecular weight is 338 g/mol. The van der Waals surface area contributed by atoms with Crippen molar-refractivity contribution in [1.29, 1.82) is 0 Å². The Morgan fingerprint density at radius 2 is 2.15 bits per heavy atom. The number of amides is 2. The van der Waals surface area contributed by atoms with Gasteiger partial charge in [0.05, 0.1) is 17.4 Å². The molecule has 8 heteroatoms. The maximum atomic E-state index is 12.1. The first-order valence-electron chi connectivity index (χ1n) is 5.63. The smallest absolute Gasteiger partial charge is 0.257 e. The Bertz CT molecular complexity index is 668. The summed E-state index contributed by atoms with van der Waals surface area (Å²) in [5.74, 6) is -0.871.